The van der Waals surface area contributed by atoms with Gasteiger partial charge < -0.3 is 15.2 Å². The van der Waals surface area contributed by atoms with Crippen LogP contribution in [0.3, 0.4) is 0 Å². The highest BCUT2D eigenvalue weighted by atomic mass is 16.6. The van der Waals surface area contributed by atoms with Gasteiger partial charge in [0.05, 0.1) is 7.11 Å². The number of ether oxygens (including phenoxy) is 2. The number of rotatable bonds is 6. The first-order chi connectivity index (χ1) is 7.67. The first-order valence-electron chi connectivity index (χ1n) is 5.98. The molecule has 1 aliphatic carbocycles. The number of carbonyl (C=O) groups excluding carboxylic acids is 1. The molecule has 1 fully saturated rings. The van der Waals surface area contributed by atoms with Gasteiger partial charge in [-0.1, -0.05) is 12.8 Å². The fraction of sp³-hybridized carbons (Fsp3) is 0.917. The molecule has 0 bridgehead atoms. The van der Waals surface area contributed by atoms with Gasteiger partial charge in [0.1, 0.15) is 0 Å². The van der Waals surface area contributed by atoms with Crippen molar-refractivity contribution in [2.75, 3.05) is 20.8 Å². The first kappa shape index (κ1) is 13.5. The summed E-state index contributed by atoms with van der Waals surface area (Å²) in [6.07, 6.45) is 6.06. The summed E-state index contributed by atoms with van der Waals surface area (Å²) in [5.41, 5.74) is 5.86. The van der Waals surface area contributed by atoms with Crippen LogP contribution in [0.25, 0.3) is 0 Å². The SMILES string of the molecule is COC(=O)C(CC1(CCN)CCCC1)OC. The first-order valence-corrected chi connectivity index (χ1v) is 5.98. The van der Waals surface area contributed by atoms with Gasteiger partial charge in [0.25, 0.3) is 0 Å². The zero-order valence-corrected chi connectivity index (χ0v) is 10.3. The molecule has 0 amide bonds. The van der Waals surface area contributed by atoms with Crippen LogP contribution in [-0.4, -0.2) is 32.8 Å². The Morgan fingerprint density at radius 1 is 1.38 bits per heavy atom. The lowest BCUT2D eigenvalue weighted by atomic mass is 9.77. The summed E-state index contributed by atoms with van der Waals surface area (Å²) < 4.78 is 9.96. The fourth-order valence-corrected chi connectivity index (χ4v) is 2.77. The maximum Gasteiger partial charge on any atom is 0.334 e. The van der Waals surface area contributed by atoms with Crippen LogP contribution in [0.5, 0.6) is 0 Å². The van der Waals surface area contributed by atoms with Crippen molar-refractivity contribution in [3.63, 3.8) is 0 Å². The van der Waals surface area contributed by atoms with Gasteiger partial charge in [-0.3, -0.25) is 0 Å². The molecular formula is C12H23NO3. The molecule has 1 unspecified atom stereocenters. The van der Waals surface area contributed by atoms with Gasteiger partial charge in [0, 0.05) is 7.11 Å². The summed E-state index contributed by atoms with van der Waals surface area (Å²) in [7, 11) is 2.96. The second-order valence-corrected chi connectivity index (χ2v) is 4.70. The van der Waals surface area contributed by atoms with Crippen molar-refractivity contribution in [2.45, 2.75) is 44.6 Å². The molecule has 4 nitrogen and oxygen atoms in total. The predicted molar refractivity (Wildman–Crippen MR) is 62.0 cm³/mol. The molecule has 1 aliphatic rings. The van der Waals surface area contributed by atoms with Crippen molar-refractivity contribution < 1.29 is 14.3 Å². The minimum Gasteiger partial charge on any atom is -0.467 e. The lowest BCUT2D eigenvalue weighted by molar-refractivity contribution is -0.154. The molecule has 1 rings (SSSR count). The predicted octanol–water partition coefficient (Wildman–Crippen LogP) is 1.47. The summed E-state index contributed by atoms with van der Waals surface area (Å²) in [5.74, 6) is -0.272. The summed E-state index contributed by atoms with van der Waals surface area (Å²) in [4.78, 5) is 11.5. The van der Waals surface area contributed by atoms with Gasteiger partial charge in [0.2, 0.25) is 0 Å². The van der Waals surface area contributed by atoms with Gasteiger partial charge in [-0.05, 0) is 37.6 Å². The Balaban J connectivity index is 2.62. The minimum absolute atomic E-state index is 0.198. The third-order valence-electron chi connectivity index (χ3n) is 3.71. The Hall–Kier alpha value is -0.610. The molecule has 0 spiro atoms. The number of esters is 1. The summed E-state index contributed by atoms with van der Waals surface area (Å²) in [6.45, 7) is 0.678. The normalized spacial score (nSPS) is 20.7. The third kappa shape index (κ3) is 3.19. The molecule has 2 N–H and O–H groups in total. The molecule has 1 atom stereocenters. The molecule has 0 aromatic heterocycles. The van der Waals surface area contributed by atoms with Crippen LogP contribution >= 0.6 is 0 Å². The highest BCUT2D eigenvalue weighted by Gasteiger charge is 2.37. The van der Waals surface area contributed by atoms with E-state index in [2.05, 4.69) is 0 Å². The van der Waals surface area contributed by atoms with E-state index < -0.39 is 6.10 Å². The Labute approximate surface area is 97.5 Å². The second-order valence-electron chi connectivity index (χ2n) is 4.70. The molecule has 16 heavy (non-hydrogen) atoms. The lowest BCUT2D eigenvalue weighted by Gasteiger charge is -2.31. The van der Waals surface area contributed by atoms with Gasteiger partial charge in [-0.25, -0.2) is 4.79 Å². The fourth-order valence-electron chi connectivity index (χ4n) is 2.77. The molecule has 0 aromatic rings. The summed E-state index contributed by atoms with van der Waals surface area (Å²) >= 11 is 0. The number of carbonyl (C=O) groups is 1. The molecular weight excluding hydrogens is 206 g/mol. The van der Waals surface area contributed by atoms with E-state index in [9.17, 15) is 4.79 Å². The number of nitrogens with two attached hydrogens (primary N) is 1. The topological polar surface area (TPSA) is 61.5 Å². The zero-order valence-electron chi connectivity index (χ0n) is 10.3. The largest absolute Gasteiger partial charge is 0.467 e. The zero-order chi connectivity index (χ0) is 12.0. The van der Waals surface area contributed by atoms with E-state index in [4.69, 9.17) is 15.2 Å². The Morgan fingerprint density at radius 3 is 2.44 bits per heavy atom. The van der Waals surface area contributed by atoms with Gasteiger partial charge in [0.15, 0.2) is 6.10 Å². The van der Waals surface area contributed by atoms with Crippen molar-refractivity contribution in [3.8, 4) is 0 Å². The van der Waals surface area contributed by atoms with Crippen LogP contribution < -0.4 is 5.73 Å². The molecule has 0 aliphatic heterocycles. The number of methoxy groups -OCH3 is 2. The maximum absolute atomic E-state index is 11.5. The number of hydrogen-bond donors (Lipinski definition) is 1. The van der Waals surface area contributed by atoms with Crippen LogP contribution in [0.1, 0.15) is 38.5 Å². The van der Waals surface area contributed by atoms with Gasteiger partial charge >= 0.3 is 5.97 Å². The van der Waals surface area contributed by atoms with Crippen LogP contribution in [-0.2, 0) is 14.3 Å². The van der Waals surface area contributed by atoms with Gasteiger partial charge in [-0.2, -0.15) is 0 Å². The van der Waals surface area contributed by atoms with E-state index >= 15 is 0 Å². The third-order valence-corrected chi connectivity index (χ3v) is 3.71. The Kier molecular flexibility index (Phi) is 5.22. The number of hydrogen-bond acceptors (Lipinski definition) is 4. The van der Waals surface area contributed by atoms with Crippen LogP contribution in [0, 0.1) is 5.41 Å². The second kappa shape index (κ2) is 6.21. The van der Waals surface area contributed by atoms with E-state index in [1.165, 1.54) is 20.0 Å². The van der Waals surface area contributed by atoms with Crippen LogP contribution in [0.15, 0.2) is 0 Å². The minimum atomic E-state index is -0.436. The molecule has 1 saturated carbocycles. The van der Waals surface area contributed by atoms with Crippen LogP contribution in [0.2, 0.25) is 0 Å². The standard InChI is InChI=1S/C12H23NO3/c1-15-10(11(14)16-2)9-12(7-8-13)5-3-4-6-12/h10H,3-9,13H2,1-2H3. The molecule has 0 radical (unpaired) electrons. The quantitative estimate of drug-likeness (QED) is 0.701. The van der Waals surface area contributed by atoms with Crippen molar-refractivity contribution in [1.29, 1.82) is 0 Å². The van der Waals surface area contributed by atoms with E-state index in [0.717, 1.165) is 25.7 Å². The van der Waals surface area contributed by atoms with Crippen molar-refractivity contribution in [1.82, 2.24) is 0 Å². The summed E-state index contributed by atoms with van der Waals surface area (Å²) in [5, 5.41) is 0. The Bertz CT molecular complexity index is 224. The lowest BCUT2D eigenvalue weighted by Crippen LogP contribution is -2.33. The molecule has 0 heterocycles. The van der Waals surface area contributed by atoms with Crippen LogP contribution in [0.4, 0.5) is 0 Å². The van der Waals surface area contributed by atoms with E-state index in [-0.39, 0.29) is 11.4 Å². The average molecular weight is 229 g/mol. The van der Waals surface area contributed by atoms with E-state index in [0.29, 0.717) is 6.54 Å². The smallest absolute Gasteiger partial charge is 0.334 e. The maximum atomic E-state index is 11.5. The highest BCUT2D eigenvalue weighted by molar-refractivity contribution is 5.74. The molecule has 0 saturated heterocycles. The Morgan fingerprint density at radius 2 is 2.00 bits per heavy atom. The summed E-state index contributed by atoms with van der Waals surface area (Å²) in [6, 6.07) is 0. The van der Waals surface area contributed by atoms with E-state index in [1.54, 1.807) is 7.11 Å². The average Bonchev–Trinajstić information content (AvgIpc) is 2.74. The highest BCUT2D eigenvalue weighted by Crippen LogP contribution is 2.44. The molecule has 0 aromatic carbocycles. The molecule has 94 valence electrons. The van der Waals surface area contributed by atoms with Crippen molar-refractivity contribution in [2.24, 2.45) is 11.1 Å². The molecule has 4 heteroatoms. The van der Waals surface area contributed by atoms with Crippen molar-refractivity contribution in [3.05, 3.63) is 0 Å². The van der Waals surface area contributed by atoms with Gasteiger partial charge in [-0.15, -0.1) is 0 Å². The van der Waals surface area contributed by atoms with E-state index in [1.807, 2.05) is 0 Å². The monoisotopic (exact) mass is 229 g/mol. The van der Waals surface area contributed by atoms with Crippen molar-refractivity contribution >= 4 is 5.97 Å².